The first kappa shape index (κ1) is 18.9. The maximum Gasteiger partial charge on any atom is 0.262 e. The largest absolute Gasteiger partial charge is 0.394 e. The third-order valence-corrected chi connectivity index (χ3v) is 4.10. The second kappa shape index (κ2) is 9.18. The number of carbonyl (C=O) groups is 1. The lowest BCUT2D eigenvalue weighted by Crippen LogP contribution is -2.36. The Morgan fingerprint density at radius 3 is 2.56 bits per heavy atom. The van der Waals surface area contributed by atoms with Gasteiger partial charge in [0, 0.05) is 25.3 Å². The van der Waals surface area contributed by atoms with Crippen molar-refractivity contribution in [3.63, 3.8) is 0 Å². The fourth-order valence-electron chi connectivity index (χ4n) is 2.56. The van der Waals surface area contributed by atoms with E-state index in [1.54, 1.807) is 6.92 Å². The molecule has 1 aromatic carbocycles. The van der Waals surface area contributed by atoms with E-state index >= 15 is 0 Å². The number of rotatable bonds is 6. The Morgan fingerprint density at radius 2 is 2.00 bits per heavy atom. The molecular weight excluding hydrogens is 322 g/mol. The Labute approximate surface area is 147 Å². The van der Waals surface area contributed by atoms with Crippen LogP contribution in [0.15, 0.2) is 29.8 Å². The lowest BCUT2D eigenvalue weighted by molar-refractivity contribution is -0.117. The number of amides is 1. The zero-order valence-electron chi connectivity index (χ0n) is 14.2. The van der Waals surface area contributed by atoms with Crippen molar-refractivity contribution in [3.05, 3.63) is 35.4 Å². The molecule has 1 aliphatic heterocycles. The maximum atomic E-state index is 12.1. The number of ether oxygens (including phenoxy) is 1. The van der Waals surface area contributed by atoms with Crippen LogP contribution in [-0.4, -0.2) is 61.7 Å². The number of hydrogen-bond donors (Lipinski definition) is 3. The monoisotopic (exact) mass is 345 g/mol. The van der Waals surface area contributed by atoms with Gasteiger partial charge in [-0.1, -0.05) is 12.1 Å². The molecule has 0 bridgehead atoms. The summed E-state index contributed by atoms with van der Waals surface area (Å²) in [6.07, 6.45) is -1.04. The molecule has 1 fully saturated rings. The molecule has 0 spiro atoms. The molecule has 0 aliphatic carbocycles. The molecule has 7 heteroatoms. The highest BCUT2D eigenvalue weighted by molar-refractivity contribution is 6.04. The van der Waals surface area contributed by atoms with Crippen LogP contribution in [-0.2, 0) is 9.53 Å². The number of aliphatic hydroxyl groups is 2. The molecule has 134 valence electrons. The number of benzene rings is 1. The molecule has 0 radical (unpaired) electrons. The molecule has 1 heterocycles. The SMILES string of the molecule is CC(=C(C#N)C(=O)NCC(O)CO)c1ccc(N2CCOCC2)cc1. The number of nitriles is 1. The Balaban J connectivity index is 2.12. The minimum absolute atomic E-state index is 0.00994. The number of aliphatic hydroxyl groups excluding tert-OH is 2. The van der Waals surface area contributed by atoms with Crippen molar-refractivity contribution in [2.24, 2.45) is 0 Å². The summed E-state index contributed by atoms with van der Waals surface area (Å²) in [5.74, 6) is -0.565. The molecule has 1 aliphatic rings. The van der Waals surface area contributed by atoms with E-state index in [2.05, 4.69) is 10.2 Å². The molecule has 1 unspecified atom stereocenters. The van der Waals surface area contributed by atoms with Crippen LogP contribution in [0.2, 0.25) is 0 Å². The lowest BCUT2D eigenvalue weighted by Gasteiger charge is -2.29. The molecule has 1 saturated heterocycles. The van der Waals surface area contributed by atoms with E-state index in [4.69, 9.17) is 9.84 Å². The quantitative estimate of drug-likeness (QED) is 0.505. The van der Waals surface area contributed by atoms with Crippen LogP contribution >= 0.6 is 0 Å². The topological polar surface area (TPSA) is 106 Å². The summed E-state index contributed by atoms with van der Waals surface area (Å²) in [6, 6.07) is 9.61. The summed E-state index contributed by atoms with van der Waals surface area (Å²) < 4.78 is 5.34. The summed E-state index contributed by atoms with van der Waals surface area (Å²) in [7, 11) is 0. The zero-order chi connectivity index (χ0) is 18.2. The Morgan fingerprint density at radius 1 is 1.36 bits per heavy atom. The minimum atomic E-state index is -1.04. The van der Waals surface area contributed by atoms with Gasteiger partial charge in [0.05, 0.1) is 25.9 Å². The molecular formula is C18H23N3O4. The molecule has 1 amide bonds. The van der Waals surface area contributed by atoms with E-state index in [9.17, 15) is 15.2 Å². The fourth-order valence-corrected chi connectivity index (χ4v) is 2.56. The number of nitrogens with one attached hydrogen (secondary N) is 1. The number of nitrogens with zero attached hydrogens (tertiary/aromatic N) is 2. The van der Waals surface area contributed by atoms with Gasteiger partial charge in [-0.25, -0.2) is 0 Å². The van der Waals surface area contributed by atoms with Gasteiger partial charge in [0.15, 0.2) is 0 Å². The van der Waals surface area contributed by atoms with Gasteiger partial charge in [-0.15, -0.1) is 0 Å². The van der Waals surface area contributed by atoms with Gasteiger partial charge >= 0.3 is 0 Å². The average Bonchev–Trinajstić information content (AvgIpc) is 2.67. The predicted molar refractivity (Wildman–Crippen MR) is 93.8 cm³/mol. The van der Waals surface area contributed by atoms with Gasteiger partial charge < -0.3 is 25.2 Å². The standard InChI is InChI=1S/C18H23N3O4/c1-13(17(10-19)18(24)20-11-16(23)12-22)14-2-4-15(5-3-14)21-6-8-25-9-7-21/h2-5,16,22-23H,6-9,11-12H2,1H3,(H,20,24). The van der Waals surface area contributed by atoms with E-state index < -0.39 is 18.6 Å². The minimum Gasteiger partial charge on any atom is -0.394 e. The van der Waals surface area contributed by atoms with Crippen LogP contribution in [0.25, 0.3) is 5.57 Å². The smallest absolute Gasteiger partial charge is 0.262 e. The van der Waals surface area contributed by atoms with Gasteiger partial charge in [0.1, 0.15) is 11.6 Å². The average molecular weight is 345 g/mol. The second-order valence-electron chi connectivity index (χ2n) is 5.80. The van der Waals surface area contributed by atoms with Crippen LogP contribution in [0.5, 0.6) is 0 Å². The predicted octanol–water partition coefficient (Wildman–Crippen LogP) is 0.290. The Bertz CT molecular complexity index is 658. The number of morpholine rings is 1. The molecule has 3 N–H and O–H groups in total. The lowest BCUT2D eigenvalue weighted by atomic mass is 10.0. The normalized spacial score (nSPS) is 16.6. The fraction of sp³-hybridized carbons (Fsp3) is 0.444. The summed E-state index contributed by atoms with van der Waals surface area (Å²) in [4.78, 5) is 14.3. The zero-order valence-corrected chi connectivity index (χ0v) is 14.2. The van der Waals surface area contributed by atoms with Gasteiger partial charge in [-0.2, -0.15) is 5.26 Å². The Kier molecular flexibility index (Phi) is 6.95. The molecule has 7 nitrogen and oxygen atoms in total. The molecule has 25 heavy (non-hydrogen) atoms. The number of allylic oxidation sites excluding steroid dienone is 1. The van der Waals surface area contributed by atoms with Gasteiger partial charge in [-0.3, -0.25) is 4.79 Å². The third-order valence-electron chi connectivity index (χ3n) is 4.10. The number of carbonyl (C=O) groups excluding carboxylic acids is 1. The first-order valence-electron chi connectivity index (χ1n) is 8.18. The van der Waals surface area contributed by atoms with Crippen molar-refractivity contribution in [1.29, 1.82) is 5.26 Å². The van der Waals surface area contributed by atoms with Crippen molar-refractivity contribution >= 4 is 17.2 Å². The second-order valence-corrected chi connectivity index (χ2v) is 5.80. The van der Waals surface area contributed by atoms with Crippen LogP contribution in [0, 0.1) is 11.3 Å². The number of hydrogen-bond acceptors (Lipinski definition) is 6. The van der Waals surface area contributed by atoms with Crippen LogP contribution in [0.3, 0.4) is 0 Å². The third kappa shape index (κ3) is 5.03. The van der Waals surface area contributed by atoms with E-state index in [1.807, 2.05) is 30.3 Å². The molecule has 0 aromatic heterocycles. The highest BCUT2D eigenvalue weighted by Gasteiger charge is 2.16. The van der Waals surface area contributed by atoms with Crippen LogP contribution in [0.1, 0.15) is 12.5 Å². The highest BCUT2D eigenvalue weighted by Crippen LogP contribution is 2.23. The first-order chi connectivity index (χ1) is 12.1. The molecule has 1 aromatic rings. The molecule has 2 rings (SSSR count). The molecule has 0 saturated carbocycles. The summed E-state index contributed by atoms with van der Waals surface area (Å²) in [5.41, 5.74) is 2.41. The highest BCUT2D eigenvalue weighted by atomic mass is 16.5. The van der Waals surface area contributed by atoms with Gasteiger partial charge in [-0.05, 0) is 30.2 Å². The maximum absolute atomic E-state index is 12.1. The van der Waals surface area contributed by atoms with Gasteiger partial charge in [0.2, 0.25) is 0 Å². The van der Waals surface area contributed by atoms with Gasteiger partial charge in [0.25, 0.3) is 5.91 Å². The molecule has 1 atom stereocenters. The summed E-state index contributed by atoms with van der Waals surface area (Å²) in [6.45, 7) is 4.25. The number of anilines is 1. The van der Waals surface area contributed by atoms with Crippen molar-refractivity contribution in [2.75, 3.05) is 44.4 Å². The van der Waals surface area contributed by atoms with E-state index in [0.29, 0.717) is 18.8 Å². The van der Waals surface area contributed by atoms with Crippen LogP contribution < -0.4 is 10.2 Å². The van der Waals surface area contributed by atoms with Crippen molar-refractivity contribution in [3.8, 4) is 6.07 Å². The summed E-state index contributed by atoms with van der Waals surface area (Å²) >= 11 is 0. The van der Waals surface area contributed by atoms with E-state index in [-0.39, 0.29) is 12.1 Å². The Hall–Kier alpha value is -2.40. The van der Waals surface area contributed by atoms with Crippen LogP contribution in [0.4, 0.5) is 5.69 Å². The van der Waals surface area contributed by atoms with Crippen molar-refractivity contribution < 1.29 is 19.7 Å². The van der Waals surface area contributed by atoms with E-state index in [1.165, 1.54) is 0 Å². The summed E-state index contributed by atoms with van der Waals surface area (Å²) in [5, 5.41) is 29.8. The van der Waals surface area contributed by atoms with Crippen molar-refractivity contribution in [1.82, 2.24) is 5.32 Å². The first-order valence-corrected chi connectivity index (χ1v) is 8.18. The van der Waals surface area contributed by atoms with Crippen molar-refractivity contribution in [2.45, 2.75) is 13.0 Å². The van der Waals surface area contributed by atoms with E-state index in [0.717, 1.165) is 24.3 Å².